The van der Waals surface area contributed by atoms with Gasteiger partial charge in [0.2, 0.25) is 5.91 Å². The van der Waals surface area contributed by atoms with Gasteiger partial charge in [-0.25, -0.2) is 0 Å². The molecule has 38 heavy (non-hydrogen) atoms. The molecular weight excluding hydrogens is 474 g/mol. The lowest BCUT2D eigenvalue weighted by Crippen LogP contribution is -2.40. The summed E-state index contributed by atoms with van der Waals surface area (Å²) in [4.78, 5) is 36.9. The van der Waals surface area contributed by atoms with Crippen LogP contribution in [0, 0.1) is 0 Å². The van der Waals surface area contributed by atoms with E-state index in [2.05, 4.69) is 46.9 Å². The van der Waals surface area contributed by atoms with Gasteiger partial charge < -0.3 is 14.5 Å². The Bertz CT molecular complexity index is 1510. The van der Waals surface area contributed by atoms with E-state index in [4.69, 9.17) is 0 Å². The maximum Gasteiger partial charge on any atom is 0.258 e. The Balaban J connectivity index is 1.49. The fourth-order valence-electron chi connectivity index (χ4n) is 5.65. The van der Waals surface area contributed by atoms with Crippen LogP contribution in [0.25, 0.3) is 33.3 Å². The van der Waals surface area contributed by atoms with Crippen molar-refractivity contribution in [3.8, 4) is 22.4 Å². The van der Waals surface area contributed by atoms with Gasteiger partial charge in [-0.2, -0.15) is 0 Å². The van der Waals surface area contributed by atoms with Gasteiger partial charge in [-0.3, -0.25) is 19.5 Å². The molecule has 1 amide bonds. The number of pyridine rings is 2. The molecule has 1 aliphatic rings. The van der Waals surface area contributed by atoms with Gasteiger partial charge in [-0.1, -0.05) is 26.0 Å². The summed E-state index contributed by atoms with van der Waals surface area (Å²) in [6, 6.07) is 12.6. The Morgan fingerprint density at radius 1 is 1.13 bits per heavy atom. The number of carbonyl (C=O) groups is 1. The van der Waals surface area contributed by atoms with Gasteiger partial charge in [0.05, 0.1) is 12.2 Å². The highest BCUT2D eigenvalue weighted by molar-refractivity contribution is 5.92. The number of benzene rings is 1. The maximum absolute atomic E-state index is 13.0. The van der Waals surface area contributed by atoms with Gasteiger partial charge in [0.15, 0.2) is 0 Å². The van der Waals surface area contributed by atoms with Gasteiger partial charge in [0.25, 0.3) is 5.56 Å². The van der Waals surface area contributed by atoms with Gasteiger partial charge in [-0.05, 0) is 73.2 Å². The first-order valence-corrected chi connectivity index (χ1v) is 13.4. The third-order valence-corrected chi connectivity index (χ3v) is 7.80. The van der Waals surface area contributed by atoms with Crippen LogP contribution in [-0.4, -0.2) is 64.0 Å². The second-order valence-corrected chi connectivity index (χ2v) is 11.0. The fourth-order valence-corrected chi connectivity index (χ4v) is 5.65. The largest absolute Gasteiger partial charge is 0.354 e. The van der Waals surface area contributed by atoms with Crippen molar-refractivity contribution in [2.45, 2.75) is 38.5 Å². The average Bonchev–Trinajstić information content (AvgIpc) is 3.30. The number of likely N-dealkylation sites (tertiary alicyclic amines) is 1. The predicted octanol–water partition coefficient (Wildman–Crippen LogP) is 4.99. The molecule has 4 aromatic rings. The molecule has 3 aromatic heterocycles. The topological polar surface area (TPSA) is 74.2 Å². The molecule has 1 aromatic carbocycles. The summed E-state index contributed by atoms with van der Waals surface area (Å²) >= 11 is 0. The first kappa shape index (κ1) is 25.9. The molecule has 1 saturated heterocycles. The summed E-state index contributed by atoms with van der Waals surface area (Å²) in [6.07, 6.45) is 7.48. The predicted molar refractivity (Wildman–Crippen MR) is 153 cm³/mol. The van der Waals surface area contributed by atoms with Crippen molar-refractivity contribution in [2.75, 3.05) is 33.7 Å². The van der Waals surface area contributed by atoms with Crippen LogP contribution in [0.15, 0.2) is 59.8 Å². The summed E-state index contributed by atoms with van der Waals surface area (Å²) in [5.41, 5.74) is 7.22. The molecule has 1 N–H and O–H groups in total. The zero-order valence-electron chi connectivity index (χ0n) is 23.0. The molecule has 0 radical (unpaired) electrons. The zero-order valence-corrected chi connectivity index (χ0v) is 23.0. The molecule has 0 spiro atoms. The molecule has 7 nitrogen and oxygen atoms in total. The second-order valence-electron chi connectivity index (χ2n) is 11.0. The number of H-pyrrole nitrogens is 1. The minimum Gasteiger partial charge on any atom is -0.354 e. The summed E-state index contributed by atoms with van der Waals surface area (Å²) in [5, 5.41) is 1.24. The van der Waals surface area contributed by atoms with E-state index < -0.39 is 0 Å². The van der Waals surface area contributed by atoms with Crippen molar-refractivity contribution in [1.29, 1.82) is 0 Å². The number of carbonyl (C=O) groups excluding carboxylic acids is 1. The smallest absolute Gasteiger partial charge is 0.258 e. The Kier molecular flexibility index (Phi) is 7.21. The minimum absolute atomic E-state index is 0.0372. The summed E-state index contributed by atoms with van der Waals surface area (Å²) in [6.45, 7) is 6.82. The molecule has 0 unspecified atom stereocenters. The van der Waals surface area contributed by atoms with Crippen molar-refractivity contribution >= 4 is 16.8 Å². The second kappa shape index (κ2) is 10.6. The summed E-state index contributed by atoms with van der Waals surface area (Å²) in [5.74, 6) is 0.946. The highest BCUT2D eigenvalue weighted by Gasteiger charge is 2.24. The lowest BCUT2D eigenvalue weighted by molar-refractivity contribution is -0.130. The molecule has 4 heterocycles. The maximum atomic E-state index is 13.0. The highest BCUT2D eigenvalue weighted by atomic mass is 16.2. The van der Waals surface area contributed by atoms with E-state index in [9.17, 15) is 9.59 Å². The van der Waals surface area contributed by atoms with Crippen molar-refractivity contribution < 1.29 is 4.79 Å². The first-order valence-electron chi connectivity index (χ1n) is 13.4. The average molecular weight is 512 g/mol. The van der Waals surface area contributed by atoms with Crippen LogP contribution in [0.5, 0.6) is 0 Å². The molecule has 0 aliphatic carbocycles. The van der Waals surface area contributed by atoms with Crippen molar-refractivity contribution in [3.05, 3.63) is 76.5 Å². The van der Waals surface area contributed by atoms with E-state index in [1.54, 1.807) is 28.9 Å². The monoisotopic (exact) mass is 511 g/mol. The van der Waals surface area contributed by atoms with Gasteiger partial charge in [-0.15, -0.1) is 0 Å². The van der Waals surface area contributed by atoms with Crippen LogP contribution in [0.2, 0.25) is 0 Å². The standard InChI is InChI=1S/C31H37N5O2/c1-20(2)29-26-15-22(21-10-13-36(14-11-21)19-28(37)34(3)4)8-9-27(26)33-30(29)24-16-25(31(38)35(5)18-24)23-7-6-12-32-17-23/h6-9,12,15-18,20-21,33H,10-11,13-14,19H2,1-5H3. The number of amides is 1. The Morgan fingerprint density at radius 2 is 1.89 bits per heavy atom. The van der Waals surface area contributed by atoms with Crippen LogP contribution in [0.3, 0.4) is 0 Å². The number of aromatic amines is 1. The number of nitrogens with zero attached hydrogens (tertiary/aromatic N) is 4. The van der Waals surface area contributed by atoms with E-state index in [1.807, 2.05) is 38.5 Å². The number of hydrogen-bond acceptors (Lipinski definition) is 4. The molecule has 0 saturated carbocycles. The lowest BCUT2D eigenvalue weighted by Gasteiger charge is -2.32. The molecule has 5 rings (SSSR count). The number of nitrogens with one attached hydrogen (secondary N) is 1. The van der Waals surface area contributed by atoms with Crippen LogP contribution >= 0.6 is 0 Å². The number of aromatic nitrogens is 3. The number of hydrogen-bond donors (Lipinski definition) is 1. The van der Waals surface area contributed by atoms with E-state index in [0.29, 0.717) is 23.9 Å². The minimum atomic E-state index is -0.0372. The quantitative estimate of drug-likeness (QED) is 0.396. The Morgan fingerprint density at radius 3 is 2.55 bits per heavy atom. The molecule has 0 atom stereocenters. The third-order valence-electron chi connectivity index (χ3n) is 7.80. The van der Waals surface area contributed by atoms with Crippen molar-refractivity contribution in [3.63, 3.8) is 0 Å². The van der Waals surface area contributed by atoms with Crippen molar-refractivity contribution in [2.24, 2.45) is 7.05 Å². The van der Waals surface area contributed by atoms with E-state index in [-0.39, 0.29) is 11.5 Å². The van der Waals surface area contributed by atoms with Gasteiger partial charge in [0, 0.05) is 67.3 Å². The summed E-state index contributed by atoms with van der Waals surface area (Å²) < 4.78 is 1.66. The molecular formula is C31H37N5O2. The molecule has 1 fully saturated rings. The Hall–Kier alpha value is -3.71. The molecule has 198 valence electrons. The normalized spacial score (nSPS) is 14.9. The van der Waals surface area contributed by atoms with Crippen LogP contribution in [0.4, 0.5) is 0 Å². The SMILES string of the molecule is CC(C)c1c(-c2cc(-c3cccnc3)c(=O)n(C)c2)[nH]c2ccc(C3CCN(CC(=O)N(C)C)CC3)cc12. The zero-order chi connectivity index (χ0) is 27.0. The summed E-state index contributed by atoms with van der Waals surface area (Å²) in [7, 11) is 5.44. The molecule has 7 heteroatoms. The Labute approximate surface area is 224 Å². The van der Waals surface area contributed by atoms with Gasteiger partial charge in [0.1, 0.15) is 0 Å². The molecule has 0 bridgehead atoms. The van der Waals surface area contributed by atoms with E-state index in [0.717, 1.165) is 48.3 Å². The van der Waals surface area contributed by atoms with E-state index >= 15 is 0 Å². The van der Waals surface area contributed by atoms with E-state index in [1.165, 1.54) is 16.5 Å². The number of piperidine rings is 1. The first-order chi connectivity index (χ1) is 18.2. The third kappa shape index (κ3) is 5.03. The fraction of sp³-hybridized carbons (Fsp3) is 0.387. The van der Waals surface area contributed by atoms with Crippen LogP contribution < -0.4 is 5.56 Å². The number of fused-ring (bicyclic) bond motifs is 1. The van der Waals surface area contributed by atoms with Crippen LogP contribution in [0.1, 0.15) is 49.7 Å². The number of rotatable bonds is 6. The van der Waals surface area contributed by atoms with Crippen LogP contribution in [-0.2, 0) is 11.8 Å². The van der Waals surface area contributed by atoms with Gasteiger partial charge >= 0.3 is 0 Å². The molecule has 1 aliphatic heterocycles. The van der Waals surface area contributed by atoms with Crippen molar-refractivity contribution in [1.82, 2.24) is 24.3 Å². The lowest BCUT2D eigenvalue weighted by atomic mass is 9.87. The highest BCUT2D eigenvalue weighted by Crippen LogP contribution is 2.38. The number of aryl methyl sites for hydroxylation is 1. The number of likely N-dealkylation sites (N-methyl/N-ethyl adjacent to an activating group) is 1.